The van der Waals surface area contributed by atoms with Crippen molar-refractivity contribution in [1.82, 2.24) is 14.4 Å². The standard InChI is InChI=1S/C21H22FN3O3/c1-13-7-10-25(16-5-3-15(22)4-6-16)21(28)18(13)20(27)24-11-14-8-9-23(2)19(26)17(14)12-24/h3-7,10,14,17H,8-9,11-12H2,1-2H3/t14-,17+/m1/s1. The number of nitrogens with zero attached hydrogens (tertiary/aromatic N) is 3. The highest BCUT2D eigenvalue weighted by Gasteiger charge is 2.43. The van der Waals surface area contributed by atoms with Crippen LogP contribution in [0, 0.1) is 24.6 Å². The van der Waals surface area contributed by atoms with E-state index in [9.17, 15) is 18.8 Å². The number of piperidine rings is 1. The Kier molecular flexibility index (Phi) is 4.53. The van der Waals surface area contributed by atoms with Crippen molar-refractivity contribution in [1.29, 1.82) is 0 Å². The molecule has 2 aliphatic rings. The minimum Gasteiger partial charge on any atom is -0.345 e. The highest BCUT2D eigenvalue weighted by Crippen LogP contribution is 2.32. The number of rotatable bonds is 2. The van der Waals surface area contributed by atoms with Gasteiger partial charge in [-0.15, -0.1) is 0 Å². The van der Waals surface area contributed by atoms with Crippen LogP contribution in [0.1, 0.15) is 22.3 Å². The van der Waals surface area contributed by atoms with Gasteiger partial charge in [0.1, 0.15) is 11.4 Å². The molecule has 0 unspecified atom stereocenters. The molecule has 0 radical (unpaired) electrons. The first kappa shape index (κ1) is 18.4. The SMILES string of the molecule is Cc1ccn(-c2ccc(F)cc2)c(=O)c1C(=O)N1C[C@H]2CCN(C)C(=O)[C@H]2C1. The summed E-state index contributed by atoms with van der Waals surface area (Å²) in [5.41, 5.74) is 0.750. The van der Waals surface area contributed by atoms with Crippen molar-refractivity contribution in [3.05, 3.63) is 63.8 Å². The summed E-state index contributed by atoms with van der Waals surface area (Å²) < 4.78 is 14.6. The summed E-state index contributed by atoms with van der Waals surface area (Å²) in [6, 6.07) is 7.26. The molecule has 2 aromatic rings. The lowest BCUT2D eigenvalue weighted by atomic mass is 9.88. The summed E-state index contributed by atoms with van der Waals surface area (Å²) in [6.45, 7) is 3.26. The normalized spacial score (nSPS) is 21.8. The molecule has 146 valence electrons. The number of halogens is 1. The van der Waals surface area contributed by atoms with Gasteiger partial charge in [-0.05, 0) is 55.2 Å². The summed E-state index contributed by atoms with van der Waals surface area (Å²) in [5, 5.41) is 0. The number of likely N-dealkylation sites (tertiary alicyclic amines) is 2. The molecule has 0 aliphatic carbocycles. The van der Waals surface area contributed by atoms with Crippen molar-refractivity contribution >= 4 is 11.8 Å². The van der Waals surface area contributed by atoms with Gasteiger partial charge in [0.25, 0.3) is 11.5 Å². The Morgan fingerprint density at radius 1 is 1.11 bits per heavy atom. The zero-order valence-corrected chi connectivity index (χ0v) is 15.9. The zero-order chi connectivity index (χ0) is 20.0. The molecule has 0 N–H and O–H groups in total. The second kappa shape index (κ2) is 6.89. The fourth-order valence-electron chi connectivity index (χ4n) is 4.21. The number of hydrogen-bond donors (Lipinski definition) is 0. The van der Waals surface area contributed by atoms with E-state index in [0.29, 0.717) is 30.9 Å². The molecule has 2 amide bonds. The van der Waals surface area contributed by atoms with Gasteiger partial charge >= 0.3 is 0 Å². The third-order valence-electron chi connectivity index (χ3n) is 5.88. The minimum atomic E-state index is -0.435. The van der Waals surface area contributed by atoms with Crippen LogP contribution in [-0.2, 0) is 4.79 Å². The molecule has 0 spiro atoms. The average Bonchev–Trinajstić information content (AvgIpc) is 3.11. The number of benzene rings is 1. The van der Waals surface area contributed by atoms with Crippen LogP contribution in [0.3, 0.4) is 0 Å². The summed E-state index contributed by atoms with van der Waals surface area (Å²) in [4.78, 5) is 42.0. The predicted octanol–water partition coefficient (Wildman–Crippen LogP) is 1.84. The van der Waals surface area contributed by atoms with Crippen molar-refractivity contribution in [2.24, 2.45) is 11.8 Å². The molecular formula is C21H22FN3O3. The van der Waals surface area contributed by atoms with E-state index in [4.69, 9.17) is 0 Å². The van der Waals surface area contributed by atoms with Crippen molar-refractivity contribution in [3.8, 4) is 5.69 Å². The van der Waals surface area contributed by atoms with Crippen LogP contribution in [0.2, 0.25) is 0 Å². The monoisotopic (exact) mass is 383 g/mol. The fourth-order valence-corrected chi connectivity index (χ4v) is 4.21. The van der Waals surface area contributed by atoms with Crippen LogP contribution in [-0.4, -0.2) is 52.9 Å². The summed E-state index contributed by atoms with van der Waals surface area (Å²) in [5.74, 6) is -0.708. The largest absolute Gasteiger partial charge is 0.345 e. The van der Waals surface area contributed by atoms with Crippen molar-refractivity contribution in [2.45, 2.75) is 13.3 Å². The molecule has 1 aromatic heterocycles. The Hall–Kier alpha value is -2.96. The first-order chi connectivity index (χ1) is 13.4. The van der Waals surface area contributed by atoms with Crippen molar-refractivity contribution in [3.63, 3.8) is 0 Å². The Morgan fingerprint density at radius 3 is 2.54 bits per heavy atom. The van der Waals surface area contributed by atoms with Crippen LogP contribution < -0.4 is 5.56 Å². The number of fused-ring (bicyclic) bond motifs is 1. The predicted molar refractivity (Wildman–Crippen MR) is 102 cm³/mol. The van der Waals surface area contributed by atoms with E-state index < -0.39 is 11.4 Å². The van der Waals surface area contributed by atoms with Gasteiger partial charge < -0.3 is 9.80 Å². The van der Waals surface area contributed by atoms with Crippen LogP contribution in [0.15, 0.2) is 41.3 Å². The number of carbonyl (C=O) groups is 2. The van der Waals surface area contributed by atoms with Gasteiger partial charge in [0.05, 0.1) is 5.92 Å². The molecule has 3 heterocycles. The molecule has 7 heteroatoms. The third kappa shape index (κ3) is 3.00. The average molecular weight is 383 g/mol. The Labute approximate surface area is 162 Å². The summed E-state index contributed by atoms with van der Waals surface area (Å²) >= 11 is 0. The van der Waals surface area contributed by atoms with Crippen LogP contribution in [0.4, 0.5) is 4.39 Å². The molecule has 6 nitrogen and oxygen atoms in total. The molecule has 4 rings (SSSR count). The quantitative estimate of drug-likeness (QED) is 0.795. The molecule has 28 heavy (non-hydrogen) atoms. The van der Waals surface area contributed by atoms with E-state index in [0.717, 1.165) is 6.42 Å². The second-order valence-electron chi connectivity index (χ2n) is 7.65. The smallest absolute Gasteiger partial charge is 0.268 e. The molecule has 2 atom stereocenters. The van der Waals surface area contributed by atoms with Crippen LogP contribution >= 0.6 is 0 Å². The van der Waals surface area contributed by atoms with Crippen LogP contribution in [0.5, 0.6) is 0 Å². The Morgan fingerprint density at radius 2 is 1.82 bits per heavy atom. The molecule has 0 bridgehead atoms. The Bertz CT molecular complexity index is 999. The molecule has 2 fully saturated rings. The lowest BCUT2D eigenvalue weighted by Crippen LogP contribution is -2.43. The van der Waals surface area contributed by atoms with E-state index >= 15 is 0 Å². The van der Waals surface area contributed by atoms with E-state index in [-0.39, 0.29) is 29.2 Å². The van der Waals surface area contributed by atoms with Crippen LogP contribution in [0.25, 0.3) is 5.69 Å². The zero-order valence-electron chi connectivity index (χ0n) is 15.9. The molecule has 2 saturated heterocycles. The maximum absolute atomic E-state index is 13.2. The van der Waals surface area contributed by atoms with E-state index in [2.05, 4.69) is 0 Å². The van der Waals surface area contributed by atoms with Gasteiger partial charge in [-0.1, -0.05) is 0 Å². The lowest BCUT2D eigenvalue weighted by Gasteiger charge is -2.30. The fraction of sp³-hybridized carbons (Fsp3) is 0.381. The molecule has 2 aliphatic heterocycles. The minimum absolute atomic E-state index is 0.0695. The number of amides is 2. The van der Waals surface area contributed by atoms with E-state index in [1.807, 2.05) is 0 Å². The maximum atomic E-state index is 13.2. The third-order valence-corrected chi connectivity index (χ3v) is 5.88. The number of aryl methyl sites for hydroxylation is 1. The maximum Gasteiger partial charge on any atom is 0.268 e. The number of hydrogen-bond acceptors (Lipinski definition) is 3. The van der Waals surface area contributed by atoms with Gasteiger partial charge in [0, 0.05) is 38.6 Å². The first-order valence-corrected chi connectivity index (χ1v) is 9.39. The van der Waals surface area contributed by atoms with Gasteiger partial charge in [-0.2, -0.15) is 0 Å². The van der Waals surface area contributed by atoms with E-state index in [1.165, 1.54) is 28.8 Å². The second-order valence-corrected chi connectivity index (χ2v) is 7.65. The number of carbonyl (C=O) groups excluding carboxylic acids is 2. The summed E-state index contributed by atoms with van der Waals surface area (Å²) in [6.07, 6.45) is 2.45. The van der Waals surface area contributed by atoms with Gasteiger partial charge in [-0.25, -0.2) is 4.39 Å². The van der Waals surface area contributed by atoms with Crippen molar-refractivity contribution in [2.75, 3.05) is 26.7 Å². The topological polar surface area (TPSA) is 62.6 Å². The molecule has 0 saturated carbocycles. The first-order valence-electron chi connectivity index (χ1n) is 9.39. The van der Waals surface area contributed by atoms with E-state index in [1.54, 1.807) is 36.0 Å². The molecule has 1 aromatic carbocycles. The molecular weight excluding hydrogens is 361 g/mol. The Balaban J connectivity index is 1.67. The lowest BCUT2D eigenvalue weighted by molar-refractivity contribution is -0.137. The highest BCUT2D eigenvalue weighted by atomic mass is 19.1. The summed E-state index contributed by atoms with van der Waals surface area (Å²) in [7, 11) is 1.78. The number of pyridine rings is 1. The van der Waals surface area contributed by atoms with Crippen molar-refractivity contribution < 1.29 is 14.0 Å². The van der Waals surface area contributed by atoms with Gasteiger partial charge in [0.15, 0.2) is 0 Å². The van der Waals surface area contributed by atoms with Gasteiger partial charge in [-0.3, -0.25) is 19.0 Å². The number of aromatic nitrogens is 1. The highest BCUT2D eigenvalue weighted by molar-refractivity contribution is 5.96. The van der Waals surface area contributed by atoms with Gasteiger partial charge in [0.2, 0.25) is 5.91 Å².